The van der Waals surface area contributed by atoms with Gasteiger partial charge in [-0.25, -0.2) is 9.97 Å². The number of alkyl halides is 1. The minimum Gasteiger partial charge on any atom is -0.304 e. The molecule has 3 nitrogen and oxygen atoms in total. The molecule has 0 saturated carbocycles. The summed E-state index contributed by atoms with van der Waals surface area (Å²) >= 11 is 7.77. The molecule has 0 N–H and O–H groups in total. The number of fused-ring (bicyclic) bond motifs is 1. The average molecular weight is 320 g/mol. The van der Waals surface area contributed by atoms with E-state index in [2.05, 4.69) is 30.5 Å². The molecule has 0 saturated heterocycles. The molecule has 3 aromatic heterocycles. The maximum absolute atomic E-state index is 5.95. The first kappa shape index (κ1) is 14.5. The molecule has 5 heteroatoms. The van der Waals surface area contributed by atoms with Crippen molar-refractivity contribution in [2.24, 2.45) is 0 Å². The summed E-state index contributed by atoms with van der Waals surface area (Å²) in [5, 5.41) is 0. The van der Waals surface area contributed by atoms with Crippen molar-refractivity contribution in [3.8, 4) is 0 Å². The molecule has 0 amide bonds. The van der Waals surface area contributed by atoms with Crippen molar-refractivity contribution >= 4 is 34.1 Å². The quantitative estimate of drug-likeness (QED) is 0.663. The van der Waals surface area contributed by atoms with E-state index in [0.717, 1.165) is 29.1 Å². The van der Waals surface area contributed by atoms with E-state index in [1.54, 1.807) is 0 Å². The van der Waals surface area contributed by atoms with Gasteiger partial charge in [0.05, 0.1) is 6.04 Å². The summed E-state index contributed by atoms with van der Waals surface area (Å²) in [6.45, 7) is 6.35. The molecule has 0 aliphatic heterocycles. The summed E-state index contributed by atoms with van der Waals surface area (Å²) in [6, 6.07) is 8.62. The molecule has 0 spiro atoms. The number of nitrogens with zero attached hydrogens (tertiary/aromatic N) is 3. The van der Waals surface area contributed by atoms with Gasteiger partial charge in [0.2, 0.25) is 0 Å². The maximum atomic E-state index is 5.95. The third-order valence-electron chi connectivity index (χ3n) is 3.63. The summed E-state index contributed by atoms with van der Waals surface area (Å²) in [7, 11) is 0. The lowest BCUT2D eigenvalue weighted by molar-refractivity contribution is 0.628. The van der Waals surface area contributed by atoms with Gasteiger partial charge in [-0.2, -0.15) is 0 Å². The number of thiophene rings is 1. The summed E-state index contributed by atoms with van der Waals surface area (Å²) in [5.74, 6) is 1.58. The molecule has 1 unspecified atom stereocenters. The zero-order valence-corrected chi connectivity index (χ0v) is 14.0. The van der Waals surface area contributed by atoms with Crippen LogP contribution in [-0.4, -0.2) is 20.4 Å². The van der Waals surface area contributed by atoms with Crippen LogP contribution in [0, 0.1) is 13.8 Å². The van der Waals surface area contributed by atoms with Crippen LogP contribution in [0.2, 0.25) is 0 Å². The van der Waals surface area contributed by atoms with Gasteiger partial charge >= 0.3 is 0 Å². The van der Waals surface area contributed by atoms with Crippen LogP contribution in [0.1, 0.15) is 34.2 Å². The second-order valence-corrected chi connectivity index (χ2v) is 6.95. The first-order valence-corrected chi connectivity index (χ1v) is 8.42. The van der Waals surface area contributed by atoms with Crippen molar-refractivity contribution in [2.75, 3.05) is 5.88 Å². The van der Waals surface area contributed by atoms with Crippen LogP contribution in [0.5, 0.6) is 0 Å². The van der Waals surface area contributed by atoms with Gasteiger partial charge < -0.3 is 4.57 Å². The second-order valence-electron chi connectivity index (χ2n) is 5.26. The minimum absolute atomic E-state index is 0.223. The van der Waals surface area contributed by atoms with E-state index in [-0.39, 0.29) is 6.04 Å². The standard InChI is InChI=1S/C16H18ClN3S/c1-10-4-6-13-16(18-10)20(15(19-13)8-9-17)12(3)14-7-5-11(2)21-14/h4-7,12H,8-9H2,1-3H3. The normalized spacial score (nSPS) is 13.0. The van der Waals surface area contributed by atoms with Gasteiger partial charge in [-0.05, 0) is 45.0 Å². The summed E-state index contributed by atoms with van der Waals surface area (Å²) in [6.07, 6.45) is 0.756. The van der Waals surface area contributed by atoms with E-state index in [9.17, 15) is 0 Å². The summed E-state index contributed by atoms with van der Waals surface area (Å²) in [5.41, 5.74) is 2.91. The first-order chi connectivity index (χ1) is 10.1. The highest BCUT2D eigenvalue weighted by atomic mass is 35.5. The number of aromatic nitrogens is 3. The Bertz CT molecular complexity index is 775. The number of hydrogen-bond acceptors (Lipinski definition) is 3. The average Bonchev–Trinajstić information content (AvgIpc) is 3.02. The van der Waals surface area contributed by atoms with Gasteiger partial charge in [-0.1, -0.05) is 0 Å². The van der Waals surface area contributed by atoms with Crippen molar-refractivity contribution in [2.45, 2.75) is 33.2 Å². The number of hydrogen-bond donors (Lipinski definition) is 0. The fourth-order valence-corrected chi connectivity index (χ4v) is 3.68. The molecule has 0 bridgehead atoms. The highest BCUT2D eigenvalue weighted by molar-refractivity contribution is 7.12. The maximum Gasteiger partial charge on any atom is 0.160 e. The van der Waals surface area contributed by atoms with E-state index in [0.29, 0.717) is 5.88 Å². The fourth-order valence-electron chi connectivity index (χ4n) is 2.59. The SMILES string of the molecule is Cc1ccc2nc(CCCl)n(C(C)c3ccc(C)s3)c2n1. The molecule has 21 heavy (non-hydrogen) atoms. The lowest BCUT2D eigenvalue weighted by Crippen LogP contribution is -2.11. The molecule has 3 heterocycles. The van der Waals surface area contributed by atoms with Gasteiger partial charge in [-0.15, -0.1) is 22.9 Å². The van der Waals surface area contributed by atoms with Crippen LogP contribution >= 0.6 is 22.9 Å². The number of halogens is 1. The molecule has 0 aliphatic rings. The third kappa shape index (κ3) is 2.70. The second kappa shape index (κ2) is 5.78. The molecule has 1 atom stereocenters. The van der Waals surface area contributed by atoms with Gasteiger partial charge in [-0.3, -0.25) is 0 Å². The van der Waals surface area contributed by atoms with E-state index in [1.165, 1.54) is 9.75 Å². The van der Waals surface area contributed by atoms with E-state index < -0.39 is 0 Å². The van der Waals surface area contributed by atoms with Crippen LogP contribution in [0.25, 0.3) is 11.2 Å². The minimum atomic E-state index is 0.223. The Balaban J connectivity index is 2.18. The van der Waals surface area contributed by atoms with Crippen molar-refractivity contribution in [1.29, 1.82) is 0 Å². The molecule has 0 aromatic carbocycles. The van der Waals surface area contributed by atoms with Crippen LogP contribution in [0.15, 0.2) is 24.3 Å². The molecular formula is C16H18ClN3S. The molecule has 110 valence electrons. The Morgan fingerprint density at radius 2 is 2.00 bits per heavy atom. The Labute approximate surface area is 133 Å². The van der Waals surface area contributed by atoms with Gasteiger partial charge in [0.1, 0.15) is 11.3 Å². The lowest BCUT2D eigenvalue weighted by atomic mass is 10.2. The monoisotopic (exact) mass is 319 g/mol. The number of rotatable bonds is 4. The Morgan fingerprint density at radius 1 is 1.19 bits per heavy atom. The Morgan fingerprint density at radius 3 is 2.67 bits per heavy atom. The largest absolute Gasteiger partial charge is 0.304 e. The number of aryl methyl sites for hydroxylation is 3. The van der Waals surface area contributed by atoms with E-state index in [1.807, 2.05) is 30.4 Å². The first-order valence-electron chi connectivity index (χ1n) is 7.07. The van der Waals surface area contributed by atoms with Crippen molar-refractivity contribution < 1.29 is 0 Å². The Hall–Kier alpha value is -1.39. The molecular weight excluding hydrogens is 302 g/mol. The van der Waals surface area contributed by atoms with Crippen LogP contribution in [0.4, 0.5) is 0 Å². The van der Waals surface area contributed by atoms with Gasteiger partial charge in [0.25, 0.3) is 0 Å². The zero-order valence-electron chi connectivity index (χ0n) is 12.4. The van der Waals surface area contributed by atoms with Crippen LogP contribution in [0.3, 0.4) is 0 Å². The van der Waals surface area contributed by atoms with E-state index >= 15 is 0 Å². The molecule has 3 aromatic rings. The number of pyridine rings is 1. The number of imidazole rings is 1. The molecule has 3 rings (SSSR count). The van der Waals surface area contributed by atoms with Crippen molar-refractivity contribution in [3.05, 3.63) is 45.5 Å². The van der Waals surface area contributed by atoms with Gasteiger partial charge in [0, 0.05) is 27.7 Å². The van der Waals surface area contributed by atoms with Crippen molar-refractivity contribution in [1.82, 2.24) is 14.5 Å². The highest BCUT2D eigenvalue weighted by Gasteiger charge is 2.19. The Kier molecular flexibility index (Phi) is 4.00. The third-order valence-corrected chi connectivity index (χ3v) is 4.99. The fraction of sp³-hybridized carbons (Fsp3) is 0.375. The van der Waals surface area contributed by atoms with Gasteiger partial charge in [0.15, 0.2) is 5.65 Å². The predicted molar refractivity (Wildman–Crippen MR) is 89.6 cm³/mol. The van der Waals surface area contributed by atoms with Crippen LogP contribution < -0.4 is 0 Å². The summed E-state index contributed by atoms with van der Waals surface area (Å²) in [4.78, 5) is 12.1. The van der Waals surface area contributed by atoms with E-state index in [4.69, 9.17) is 21.6 Å². The summed E-state index contributed by atoms with van der Waals surface area (Å²) < 4.78 is 2.23. The lowest BCUT2D eigenvalue weighted by Gasteiger charge is -2.15. The predicted octanol–water partition coefficient (Wildman–Crippen LogP) is 4.50. The molecule has 0 aliphatic carbocycles. The van der Waals surface area contributed by atoms with Crippen molar-refractivity contribution in [3.63, 3.8) is 0 Å². The highest BCUT2D eigenvalue weighted by Crippen LogP contribution is 2.30. The molecule has 0 fully saturated rings. The smallest absolute Gasteiger partial charge is 0.160 e. The van der Waals surface area contributed by atoms with Crippen LogP contribution in [-0.2, 0) is 6.42 Å². The molecule has 0 radical (unpaired) electrons. The topological polar surface area (TPSA) is 30.7 Å². The zero-order chi connectivity index (χ0) is 15.0.